The van der Waals surface area contributed by atoms with Gasteiger partial charge < -0.3 is 18.9 Å². The minimum absolute atomic E-state index is 0.202. The van der Waals surface area contributed by atoms with Crippen molar-refractivity contribution in [3.8, 4) is 11.5 Å². The number of amides is 1. The Hall–Kier alpha value is -4.55. The number of aryl methyl sites for hydroxylation is 1. The van der Waals surface area contributed by atoms with Crippen LogP contribution in [0.5, 0.6) is 11.5 Å². The van der Waals surface area contributed by atoms with Crippen molar-refractivity contribution in [2.45, 2.75) is 43.7 Å². The predicted molar refractivity (Wildman–Crippen MR) is 170 cm³/mol. The summed E-state index contributed by atoms with van der Waals surface area (Å²) < 4.78 is 43.0. The maximum atomic E-state index is 14.3. The molecule has 2 aliphatic heterocycles. The number of hydrogen-bond donors (Lipinski definition) is 0. The van der Waals surface area contributed by atoms with Gasteiger partial charge in [0.2, 0.25) is 0 Å². The zero-order chi connectivity index (χ0) is 31.5. The minimum Gasteiger partial charge on any atom is -0.423 e. The van der Waals surface area contributed by atoms with Crippen LogP contribution in [0.4, 0.5) is 10.1 Å². The molecule has 45 heavy (non-hydrogen) atoms. The van der Waals surface area contributed by atoms with Gasteiger partial charge in [0.25, 0.3) is 11.5 Å². The van der Waals surface area contributed by atoms with Gasteiger partial charge in [-0.25, -0.2) is 13.2 Å². The molecule has 12 heteroatoms. The van der Waals surface area contributed by atoms with Crippen molar-refractivity contribution in [2.75, 3.05) is 24.5 Å². The standard InChI is InChI=1S/C33H32FN5O5S/c1-4-38(21-10-6-5-7-11-21)31(40)29-28-24-12-8-9-13-25(24)36(3)30(28)32(41)39(35-29)22-16-18-37(19-17-22)45(42)23-14-15-26-27(20-23)44-33(2,34)43-26/h5-15,20,22H,4,16-19H2,1-3H3. The van der Waals surface area contributed by atoms with Gasteiger partial charge in [-0.05, 0) is 50.1 Å². The molecular weight excluding hydrogens is 597 g/mol. The first-order valence-corrected chi connectivity index (χ1v) is 16.0. The largest absolute Gasteiger partial charge is 0.423 e. The third kappa shape index (κ3) is 4.98. The third-order valence-electron chi connectivity index (χ3n) is 8.50. The maximum Gasteiger partial charge on any atom is 0.404 e. The van der Waals surface area contributed by atoms with Gasteiger partial charge in [0, 0.05) is 61.6 Å². The number of anilines is 1. The summed E-state index contributed by atoms with van der Waals surface area (Å²) in [5.74, 6) is 0.172. The Bertz CT molecular complexity index is 2030. The van der Waals surface area contributed by atoms with Crippen LogP contribution in [0.25, 0.3) is 21.8 Å². The van der Waals surface area contributed by atoms with E-state index in [1.807, 2.05) is 77.4 Å². The SMILES string of the molecule is CCN(C(=O)c1nn(C2CCN(S(=O)c3ccc4c(c3)OC(C)(F)O4)CC2)c(=O)c2c1c1ccccc1n2C)c1ccccc1. The highest BCUT2D eigenvalue weighted by Crippen LogP contribution is 2.41. The monoisotopic (exact) mass is 629 g/mol. The molecule has 10 nitrogen and oxygen atoms in total. The average molecular weight is 630 g/mol. The number of benzene rings is 3. The van der Waals surface area contributed by atoms with Crippen LogP contribution in [0.1, 0.15) is 43.2 Å². The number of rotatable bonds is 6. The van der Waals surface area contributed by atoms with Crippen molar-refractivity contribution in [3.05, 3.63) is 88.8 Å². The molecule has 0 radical (unpaired) electrons. The number of carbonyl (C=O) groups excluding carboxylic acids is 1. The fourth-order valence-electron chi connectivity index (χ4n) is 6.35. The zero-order valence-electron chi connectivity index (χ0n) is 25.1. The smallest absolute Gasteiger partial charge is 0.404 e. The molecule has 2 atom stereocenters. The first kappa shape index (κ1) is 29.2. The Morgan fingerprint density at radius 2 is 1.73 bits per heavy atom. The van der Waals surface area contributed by atoms with Crippen LogP contribution >= 0.6 is 0 Å². The van der Waals surface area contributed by atoms with Crippen molar-refractivity contribution in [1.82, 2.24) is 18.7 Å². The number of ether oxygens (including phenoxy) is 2. The summed E-state index contributed by atoms with van der Waals surface area (Å²) in [6.07, 6.45) is 0.982. The molecule has 2 unspecified atom stereocenters. The van der Waals surface area contributed by atoms with Crippen molar-refractivity contribution in [2.24, 2.45) is 7.05 Å². The molecule has 1 amide bonds. The van der Waals surface area contributed by atoms with Crippen LogP contribution in [0, 0.1) is 0 Å². The lowest BCUT2D eigenvalue weighted by Gasteiger charge is -2.31. The Kier molecular flexibility index (Phi) is 7.20. The molecule has 2 aromatic heterocycles. The Labute approximate surface area is 261 Å². The second kappa shape index (κ2) is 11.1. The first-order chi connectivity index (χ1) is 21.7. The Morgan fingerprint density at radius 1 is 1.04 bits per heavy atom. The highest BCUT2D eigenvalue weighted by molar-refractivity contribution is 7.82. The van der Waals surface area contributed by atoms with E-state index in [9.17, 15) is 18.2 Å². The van der Waals surface area contributed by atoms with Gasteiger partial charge in [-0.3, -0.25) is 9.59 Å². The fraction of sp³-hybridized carbons (Fsp3) is 0.303. The lowest BCUT2D eigenvalue weighted by Crippen LogP contribution is -2.41. The highest BCUT2D eigenvalue weighted by atomic mass is 32.2. The normalized spacial score (nSPS) is 19.3. The number of aromatic nitrogens is 3. The van der Waals surface area contributed by atoms with Crippen LogP contribution in [0.3, 0.4) is 0 Å². The van der Waals surface area contributed by atoms with Gasteiger partial charge in [-0.2, -0.15) is 9.49 Å². The topological polar surface area (TPSA) is 98.9 Å². The van der Waals surface area contributed by atoms with Gasteiger partial charge in [-0.1, -0.05) is 36.4 Å². The van der Waals surface area contributed by atoms with Crippen molar-refractivity contribution >= 4 is 44.4 Å². The van der Waals surface area contributed by atoms with Gasteiger partial charge in [0.1, 0.15) is 16.5 Å². The second-order valence-corrected chi connectivity index (χ2v) is 12.8. The van der Waals surface area contributed by atoms with Crippen LogP contribution in [-0.4, -0.2) is 54.4 Å². The van der Waals surface area contributed by atoms with Crippen LogP contribution < -0.4 is 19.9 Å². The summed E-state index contributed by atoms with van der Waals surface area (Å²) in [5, 5.41) is 6.14. The van der Waals surface area contributed by atoms with Gasteiger partial charge in [0.05, 0.1) is 10.9 Å². The maximum absolute atomic E-state index is 14.3. The molecule has 0 saturated carbocycles. The molecular formula is C33H32FN5O5S. The number of para-hydroxylation sites is 2. The molecule has 0 N–H and O–H groups in total. The Balaban J connectivity index is 1.23. The minimum atomic E-state index is -2.26. The number of nitrogens with zero attached hydrogens (tertiary/aromatic N) is 5. The van der Waals surface area contributed by atoms with E-state index in [-0.39, 0.29) is 34.7 Å². The average Bonchev–Trinajstić information content (AvgIpc) is 3.53. The second-order valence-electron chi connectivity index (χ2n) is 11.3. The number of fused-ring (bicyclic) bond motifs is 4. The highest BCUT2D eigenvalue weighted by Gasteiger charge is 2.38. The number of alkyl halides is 1. The van der Waals surface area contributed by atoms with E-state index in [0.717, 1.165) is 16.6 Å². The summed E-state index contributed by atoms with van der Waals surface area (Å²) >= 11 is 0. The summed E-state index contributed by atoms with van der Waals surface area (Å²) in [5.41, 5.74) is 1.95. The number of halogens is 1. The molecule has 2 aliphatic rings. The number of hydrogen-bond acceptors (Lipinski definition) is 6. The molecule has 1 fully saturated rings. The van der Waals surface area contributed by atoms with E-state index < -0.39 is 17.0 Å². The van der Waals surface area contributed by atoms with E-state index >= 15 is 0 Å². The number of carbonyl (C=O) groups is 1. The summed E-state index contributed by atoms with van der Waals surface area (Å²) in [4.78, 5) is 30.5. The quantitative estimate of drug-likeness (QED) is 0.252. The van der Waals surface area contributed by atoms with E-state index in [1.54, 1.807) is 17.0 Å². The van der Waals surface area contributed by atoms with Crippen molar-refractivity contribution in [1.29, 1.82) is 0 Å². The van der Waals surface area contributed by atoms with E-state index in [2.05, 4.69) is 0 Å². The fourth-order valence-corrected chi connectivity index (χ4v) is 7.58. The zero-order valence-corrected chi connectivity index (χ0v) is 25.9. The molecule has 5 aromatic rings. The van der Waals surface area contributed by atoms with Gasteiger partial charge in [-0.15, -0.1) is 0 Å². The van der Waals surface area contributed by atoms with E-state index in [4.69, 9.17) is 14.6 Å². The van der Waals surface area contributed by atoms with E-state index in [1.165, 1.54) is 17.7 Å². The molecule has 3 aromatic carbocycles. The van der Waals surface area contributed by atoms with Crippen LogP contribution in [0.2, 0.25) is 0 Å². The van der Waals surface area contributed by atoms with Crippen molar-refractivity contribution < 1.29 is 22.9 Å². The summed E-state index contributed by atoms with van der Waals surface area (Å²) in [6, 6.07) is 19.2. The lowest BCUT2D eigenvalue weighted by molar-refractivity contribution is -0.173. The molecule has 0 aliphatic carbocycles. The molecule has 232 valence electrons. The van der Waals surface area contributed by atoms with E-state index in [0.29, 0.717) is 48.3 Å². The Morgan fingerprint density at radius 3 is 2.47 bits per heavy atom. The predicted octanol–water partition coefficient (Wildman–Crippen LogP) is 5.33. The van der Waals surface area contributed by atoms with Crippen LogP contribution in [0.15, 0.2) is 82.5 Å². The summed E-state index contributed by atoms with van der Waals surface area (Å²) in [6.45, 7) is 4.34. The molecule has 1 saturated heterocycles. The lowest BCUT2D eigenvalue weighted by atomic mass is 10.1. The number of piperidine rings is 1. The molecule has 0 spiro atoms. The van der Waals surface area contributed by atoms with Gasteiger partial charge in [0.15, 0.2) is 17.2 Å². The first-order valence-electron chi connectivity index (χ1n) is 14.9. The molecule has 4 heterocycles. The summed E-state index contributed by atoms with van der Waals surface area (Å²) in [7, 11) is 0.297. The van der Waals surface area contributed by atoms with Crippen molar-refractivity contribution in [3.63, 3.8) is 0 Å². The van der Waals surface area contributed by atoms with Crippen LogP contribution in [-0.2, 0) is 18.0 Å². The molecule has 7 rings (SSSR count). The third-order valence-corrected chi connectivity index (χ3v) is 9.99. The molecule has 0 bridgehead atoms. The van der Waals surface area contributed by atoms with Gasteiger partial charge >= 0.3 is 6.04 Å².